The molecule has 4 rings (SSSR count). The number of nitrogens with zero attached hydrogens (tertiary/aromatic N) is 2. The molecule has 0 saturated carbocycles. The number of aryl methyl sites for hydroxylation is 1. The van der Waals surface area contributed by atoms with Gasteiger partial charge in [0.25, 0.3) is 0 Å². The fraction of sp³-hybridized carbons (Fsp3) is 0.0909. The van der Waals surface area contributed by atoms with E-state index < -0.39 is 6.10 Å². The molecule has 1 atom stereocenters. The molecule has 0 aliphatic rings. The van der Waals surface area contributed by atoms with Gasteiger partial charge in [0.2, 0.25) is 0 Å². The molecule has 0 saturated heterocycles. The predicted molar refractivity (Wildman–Crippen MR) is 100 cm³/mol. The molecule has 2 aromatic heterocycles. The summed E-state index contributed by atoms with van der Waals surface area (Å²) in [6.07, 6.45) is 2.45. The standard InChI is InChI=1S/C22H18N2O2/c1-15-9-11-17(12-10-15)22-19(21(25)18-8-5-13-23-14-18)20(24-26-22)16-6-3-2-4-7-16/h2-14,21,25H,1H3. The van der Waals surface area contributed by atoms with E-state index in [4.69, 9.17) is 4.52 Å². The Hall–Kier alpha value is -3.24. The smallest absolute Gasteiger partial charge is 0.173 e. The number of benzene rings is 2. The molecule has 2 heterocycles. The van der Waals surface area contributed by atoms with Gasteiger partial charge in [-0.05, 0) is 13.0 Å². The minimum atomic E-state index is -0.888. The van der Waals surface area contributed by atoms with Gasteiger partial charge in [-0.15, -0.1) is 0 Å². The maximum Gasteiger partial charge on any atom is 0.173 e. The van der Waals surface area contributed by atoms with E-state index in [2.05, 4.69) is 10.1 Å². The Morgan fingerprint density at radius 3 is 2.35 bits per heavy atom. The molecule has 0 aliphatic heterocycles. The summed E-state index contributed by atoms with van der Waals surface area (Å²) in [5.74, 6) is 0.570. The first-order valence-electron chi connectivity index (χ1n) is 8.44. The minimum Gasteiger partial charge on any atom is -0.383 e. The Morgan fingerprint density at radius 2 is 1.65 bits per heavy atom. The van der Waals surface area contributed by atoms with Gasteiger partial charge < -0.3 is 9.63 Å². The molecule has 0 radical (unpaired) electrons. The molecule has 1 unspecified atom stereocenters. The fourth-order valence-electron chi connectivity index (χ4n) is 2.97. The van der Waals surface area contributed by atoms with Crippen molar-refractivity contribution in [1.82, 2.24) is 10.1 Å². The van der Waals surface area contributed by atoms with Crippen molar-refractivity contribution >= 4 is 0 Å². The summed E-state index contributed by atoms with van der Waals surface area (Å²) < 4.78 is 5.69. The highest BCUT2D eigenvalue weighted by Crippen LogP contribution is 2.38. The van der Waals surface area contributed by atoms with Crippen molar-refractivity contribution in [2.45, 2.75) is 13.0 Å². The summed E-state index contributed by atoms with van der Waals surface area (Å²) in [5.41, 5.74) is 4.91. The van der Waals surface area contributed by atoms with Gasteiger partial charge in [0.1, 0.15) is 11.8 Å². The molecule has 128 valence electrons. The summed E-state index contributed by atoms with van der Waals surface area (Å²) in [6.45, 7) is 2.03. The van der Waals surface area contributed by atoms with Crippen LogP contribution in [0.2, 0.25) is 0 Å². The van der Waals surface area contributed by atoms with Gasteiger partial charge in [-0.2, -0.15) is 0 Å². The molecule has 4 heteroatoms. The first-order valence-corrected chi connectivity index (χ1v) is 8.44. The van der Waals surface area contributed by atoms with E-state index in [0.717, 1.165) is 16.7 Å². The van der Waals surface area contributed by atoms with Crippen molar-refractivity contribution in [3.8, 4) is 22.6 Å². The van der Waals surface area contributed by atoms with Crippen LogP contribution in [0, 0.1) is 6.92 Å². The number of pyridine rings is 1. The average molecular weight is 342 g/mol. The van der Waals surface area contributed by atoms with Crippen molar-refractivity contribution in [1.29, 1.82) is 0 Å². The van der Waals surface area contributed by atoms with Crippen LogP contribution in [0.1, 0.15) is 22.8 Å². The van der Waals surface area contributed by atoms with Crippen LogP contribution in [-0.4, -0.2) is 15.2 Å². The summed E-state index contributed by atoms with van der Waals surface area (Å²) in [4.78, 5) is 4.12. The lowest BCUT2D eigenvalue weighted by atomic mass is 9.94. The van der Waals surface area contributed by atoms with Crippen molar-refractivity contribution < 1.29 is 9.63 Å². The fourth-order valence-corrected chi connectivity index (χ4v) is 2.97. The normalized spacial score (nSPS) is 12.1. The number of aliphatic hydroxyl groups is 1. The number of hydrogen-bond donors (Lipinski definition) is 1. The van der Waals surface area contributed by atoms with E-state index in [1.165, 1.54) is 0 Å². The quantitative estimate of drug-likeness (QED) is 0.579. The lowest BCUT2D eigenvalue weighted by Gasteiger charge is -2.12. The van der Waals surface area contributed by atoms with E-state index in [-0.39, 0.29) is 0 Å². The number of aliphatic hydroxyl groups excluding tert-OH is 1. The largest absolute Gasteiger partial charge is 0.383 e. The Balaban J connectivity index is 1.90. The summed E-state index contributed by atoms with van der Waals surface area (Å²) in [7, 11) is 0. The molecule has 4 nitrogen and oxygen atoms in total. The lowest BCUT2D eigenvalue weighted by molar-refractivity contribution is 0.220. The van der Waals surface area contributed by atoms with Gasteiger partial charge in [-0.25, -0.2) is 0 Å². The van der Waals surface area contributed by atoms with E-state index in [1.54, 1.807) is 18.5 Å². The third-order valence-corrected chi connectivity index (χ3v) is 4.36. The van der Waals surface area contributed by atoms with Crippen LogP contribution in [0.4, 0.5) is 0 Å². The number of aromatic nitrogens is 2. The highest BCUT2D eigenvalue weighted by molar-refractivity contribution is 5.74. The van der Waals surface area contributed by atoms with Crippen LogP contribution in [-0.2, 0) is 0 Å². The zero-order chi connectivity index (χ0) is 17.9. The SMILES string of the molecule is Cc1ccc(-c2onc(-c3ccccc3)c2C(O)c2cccnc2)cc1. The van der Waals surface area contributed by atoms with E-state index in [9.17, 15) is 5.11 Å². The number of hydrogen-bond acceptors (Lipinski definition) is 4. The van der Waals surface area contributed by atoms with Crippen LogP contribution in [0.5, 0.6) is 0 Å². The second-order valence-electron chi connectivity index (χ2n) is 6.19. The molecule has 0 spiro atoms. The summed E-state index contributed by atoms with van der Waals surface area (Å²) in [6, 6.07) is 21.4. The Kier molecular flexibility index (Phi) is 4.33. The van der Waals surface area contributed by atoms with Crippen LogP contribution in [0.15, 0.2) is 83.6 Å². The third kappa shape index (κ3) is 3.03. The second kappa shape index (κ2) is 6.94. The first kappa shape index (κ1) is 16.2. The zero-order valence-electron chi connectivity index (χ0n) is 14.3. The Labute approximate surface area is 151 Å². The van der Waals surface area contributed by atoms with E-state index >= 15 is 0 Å². The van der Waals surface area contributed by atoms with Crippen LogP contribution < -0.4 is 0 Å². The van der Waals surface area contributed by atoms with Gasteiger partial charge in [0.05, 0.1) is 5.56 Å². The third-order valence-electron chi connectivity index (χ3n) is 4.36. The molecule has 0 amide bonds. The van der Waals surface area contributed by atoms with E-state index in [0.29, 0.717) is 22.6 Å². The zero-order valence-corrected chi connectivity index (χ0v) is 14.3. The van der Waals surface area contributed by atoms with E-state index in [1.807, 2.05) is 67.6 Å². The molecule has 0 aliphatic carbocycles. The predicted octanol–water partition coefficient (Wildman–Crippen LogP) is 4.79. The van der Waals surface area contributed by atoms with Crippen molar-refractivity contribution in [2.24, 2.45) is 0 Å². The van der Waals surface area contributed by atoms with Gasteiger partial charge in [0, 0.05) is 29.1 Å². The molecular weight excluding hydrogens is 324 g/mol. The maximum absolute atomic E-state index is 11.1. The van der Waals surface area contributed by atoms with Crippen molar-refractivity contribution in [3.05, 3.63) is 95.8 Å². The average Bonchev–Trinajstić information content (AvgIpc) is 3.14. The van der Waals surface area contributed by atoms with Gasteiger partial charge in [0.15, 0.2) is 5.76 Å². The van der Waals surface area contributed by atoms with Gasteiger partial charge in [-0.3, -0.25) is 4.98 Å². The van der Waals surface area contributed by atoms with Crippen LogP contribution >= 0.6 is 0 Å². The molecule has 0 fully saturated rings. The van der Waals surface area contributed by atoms with Crippen molar-refractivity contribution in [2.75, 3.05) is 0 Å². The van der Waals surface area contributed by atoms with Gasteiger partial charge >= 0.3 is 0 Å². The number of rotatable bonds is 4. The molecule has 0 bridgehead atoms. The molecular formula is C22H18N2O2. The summed E-state index contributed by atoms with van der Waals surface area (Å²) >= 11 is 0. The molecule has 1 N–H and O–H groups in total. The highest BCUT2D eigenvalue weighted by atomic mass is 16.5. The first-order chi connectivity index (χ1) is 12.7. The molecule has 2 aromatic carbocycles. The highest BCUT2D eigenvalue weighted by Gasteiger charge is 2.26. The second-order valence-corrected chi connectivity index (χ2v) is 6.19. The van der Waals surface area contributed by atoms with Crippen LogP contribution in [0.25, 0.3) is 22.6 Å². The lowest BCUT2D eigenvalue weighted by Crippen LogP contribution is -2.02. The Bertz CT molecular complexity index is 994. The Morgan fingerprint density at radius 1 is 0.885 bits per heavy atom. The maximum atomic E-state index is 11.1. The minimum absolute atomic E-state index is 0.570. The topological polar surface area (TPSA) is 59.2 Å². The molecule has 4 aromatic rings. The van der Waals surface area contributed by atoms with Crippen molar-refractivity contribution in [3.63, 3.8) is 0 Å². The van der Waals surface area contributed by atoms with Gasteiger partial charge in [-0.1, -0.05) is 71.4 Å². The van der Waals surface area contributed by atoms with Crippen LogP contribution in [0.3, 0.4) is 0 Å². The monoisotopic (exact) mass is 342 g/mol. The summed E-state index contributed by atoms with van der Waals surface area (Å²) in [5, 5.41) is 15.4. The molecule has 26 heavy (non-hydrogen) atoms.